The van der Waals surface area contributed by atoms with Gasteiger partial charge in [0, 0.05) is 0 Å². The molecule has 4 atom stereocenters. The first kappa shape index (κ1) is 38.7. The summed E-state index contributed by atoms with van der Waals surface area (Å²) in [5.41, 5.74) is 0.486. The zero-order valence-electron chi connectivity index (χ0n) is 28.3. The molecule has 0 aromatic heterocycles. The molecule has 0 saturated carbocycles. The normalized spacial score (nSPS) is 15.9. The zero-order valence-corrected chi connectivity index (χ0v) is 31.2. The second-order valence-electron chi connectivity index (χ2n) is 15.1. The number of carbonyl (C=O) groups excluding carboxylic acids is 2. The van der Waals surface area contributed by atoms with Crippen LogP contribution in [0.4, 0.5) is 0 Å². The van der Waals surface area contributed by atoms with Crippen LogP contribution in [0.5, 0.6) is 0 Å². The second kappa shape index (κ2) is 19.0. The van der Waals surface area contributed by atoms with E-state index in [1.54, 1.807) is 0 Å². The van der Waals surface area contributed by atoms with Crippen LogP contribution in [0.2, 0.25) is 8.87 Å². The Bertz CT molecular complexity index is 618. The maximum absolute atomic E-state index is 13.7. The van der Waals surface area contributed by atoms with Crippen molar-refractivity contribution in [2.24, 2.45) is 34.5 Å². The van der Waals surface area contributed by atoms with E-state index in [9.17, 15) is 9.59 Å². The van der Waals surface area contributed by atoms with E-state index >= 15 is 0 Å². The van der Waals surface area contributed by atoms with Gasteiger partial charge in [0.25, 0.3) is 0 Å². The first-order valence-electron chi connectivity index (χ1n) is 16.5. The predicted octanol–water partition coefficient (Wildman–Crippen LogP) is 10.9. The van der Waals surface area contributed by atoms with Crippen LogP contribution in [-0.2, 0) is 15.7 Å². The Morgan fingerprint density at radius 2 is 0.949 bits per heavy atom. The van der Waals surface area contributed by atoms with Gasteiger partial charge in [-0.3, -0.25) is 0 Å². The molecule has 0 unspecified atom stereocenters. The van der Waals surface area contributed by atoms with Gasteiger partial charge in [0.15, 0.2) is 0 Å². The molecule has 39 heavy (non-hydrogen) atoms. The molecule has 0 aromatic carbocycles. The molecule has 0 fully saturated rings. The van der Waals surface area contributed by atoms with E-state index in [-0.39, 0.29) is 34.6 Å². The summed E-state index contributed by atoms with van der Waals surface area (Å²) >= 11 is -4.13. The van der Waals surface area contributed by atoms with Crippen LogP contribution in [-0.4, -0.2) is 31.1 Å². The van der Waals surface area contributed by atoms with Crippen molar-refractivity contribution in [3.8, 4) is 0 Å². The summed E-state index contributed by atoms with van der Waals surface area (Å²) in [5.74, 6) is 0.608. The van der Waals surface area contributed by atoms with Crippen molar-refractivity contribution < 1.29 is 15.7 Å². The number of hydrogen-bond donors (Lipinski definition) is 0. The molecule has 0 amide bonds. The molecule has 0 bridgehead atoms. The fourth-order valence-electron chi connectivity index (χ4n) is 5.99. The third kappa shape index (κ3) is 18.0. The molecule has 5 heteroatoms. The summed E-state index contributed by atoms with van der Waals surface area (Å²) in [4.78, 5) is 27.3. The van der Waals surface area contributed by atoms with Gasteiger partial charge >= 0.3 is 250 Å². The number of carbonyl (C=O) groups is 2. The fourth-order valence-corrected chi connectivity index (χ4v) is 16.4. The quantitative estimate of drug-likeness (QED) is 0.122. The average molecular weight is 660 g/mol. The number of hydrogen-bond acceptors (Lipinski definition) is 4. The average Bonchev–Trinajstić information content (AvgIpc) is 2.80. The molecular formula is C34H68O4Sn. The third-order valence-electron chi connectivity index (χ3n) is 8.00. The van der Waals surface area contributed by atoms with Gasteiger partial charge in [0.1, 0.15) is 0 Å². The molecule has 0 aliphatic carbocycles. The molecule has 0 heterocycles. The molecule has 0 saturated heterocycles. The third-order valence-corrected chi connectivity index (χ3v) is 17.3. The molecule has 0 spiro atoms. The Morgan fingerprint density at radius 1 is 0.615 bits per heavy atom. The zero-order chi connectivity index (χ0) is 30.3. The van der Waals surface area contributed by atoms with Crippen molar-refractivity contribution in [1.29, 1.82) is 0 Å². The van der Waals surface area contributed by atoms with E-state index in [0.29, 0.717) is 11.8 Å². The van der Waals surface area contributed by atoms with Gasteiger partial charge < -0.3 is 0 Å². The first-order valence-corrected chi connectivity index (χ1v) is 22.8. The molecule has 4 nitrogen and oxygen atoms in total. The number of unbranched alkanes of at least 4 members (excludes halogenated alkanes) is 2. The Hall–Kier alpha value is -0.261. The fraction of sp³-hybridized carbons (Fsp3) is 0.941. The maximum atomic E-state index is 13.7. The summed E-state index contributed by atoms with van der Waals surface area (Å²) in [7, 11) is 0. The van der Waals surface area contributed by atoms with Crippen molar-refractivity contribution in [2.45, 2.75) is 169 Å². The van der Waals surface area contributed by atoms with Gasteiger partial charge in [0.05, 0.1) is 0 Å². The Morgan fingerprint density at radius 3 is 1.21 bits per heavy atom. The second-order valence-corrected chi connectivity index (χ2v) is 24.3. The van der Waals surface area contributed by atoms with Gasteiger partial charge in [-0.05, 0) is 0 Å². The van der Waals surface area contributed by atoms with Crippen molar-refractivity contribution in [3.63, 3.8) is 0 Å². The van der Waals surface area contributed by atoms with Gasteiger partial charge in [-0.25, -0.2) is 0 Å². The van der Waals surface area contributed by atoms with Gasteiger partial charge in [-0.2, -0.15) is 0 Å². The molecule has 0 rings (SSSR count). The topological polar surface area (TPSA) is 52.6 Å². The molecule has 232 valence electrons. The van der Waals surface area contributed by atoms with Crippen molar-refractivity contribution in [2.75, 3.05) is 0 Å². The van der Waals surface area contributed by atoms with Gasteiger partial charge in [-0.1, -0.05) is 0 Å². The Balaban J connectivity index is 6.26. The van der Waals surface area contributed by atoms with Gasteiger partial charge in [0.2, 0.25) is 0 Å². The molecule has 0 aliphatic heterocycles. The van der Waals surface area contributed by atoms with E-state index in [1.807, 2.05) is 0 Å². The Labute approximate surface area is 249 Å². The summed E-state index contributed by atoms with van der Waals surface area (Å²) in [6.45, 7) is 26.8. The van der Waals surface area contributed by atoms with Crippen molar-refractivity contribution in [3.05, 3.63) is 0 Å². The van der Waals surface area contributed by atoms with E-state index < -0.39 is 19.2 Å². The Kier molecular flexibility index (Phi) is 18.9. The van der Waals surface area contributed by atoms with Crippen LogP contribution in [0.3, 0.4) is 0 Å². The predicted molar refractivity (Wildman–Crippen MR) is 170 cm³/mol. The minimum atomic E-state index is -4.13. The van der Waals surface area contributed by atoms with Crippen LogP contribution in [0.1, 0.15) is 160 Å². The molecule has 0 N–H and O–H groups in total. The van der Waals surface area contributed by atoms with Crippen molar-refractivity contribution >= 4 is 31.1 Å². The van der Waals surface area contributed by atoms with E-state index in [2.05, 4.69) is 83.1 Å². The summed E-state index contributed by atoms with van der Waals surface area (Å²) < 4.78 is 14.8. The summed E-state index contributed by atoms with van der Waals surface area (Å²) in [5, 5.41) is 0. The summed E-state index contributed by atoms with van der Waals surface area (Å²) in [6.07, 6.45) is 11.6. The van der Waals surface area contributed by atoms with Crippen LogP contribution >= 0.6 is 0 Å². The van der Waals surface area contributed by atoms with Crippen LogP contribution in [0.25, 0.3) is 0 Å². The van der Waals surface area contributed by atoms with Crippen LogP contribution < -0.4 is 0 Å². The molecular weight excluding hydrogens is 591 g/mol. The molecule has 0 radical (unpaired) electrons. The van der Waals surface area contributed by atoms with Crippen molar-refractivity contribution in [1.82, 2.24) is 0 Å². The van der Waals surface area contributed by atoms with Crippen LogP contribution in [0.15, 0.2) is 0 Å². The van der Waals surface area contributed by atoms with E-state index in [1.165, 1.54) is 0 Å². The summed E-state index contributed by atoms with van der Waals surface area (Å²) in [6, 6.07) is 0. The van der Waals surface area contributed by atoms with Crippen LogP contribution in [0, 0.1) is 34.5 Å². The monoisotopic (exact) mass is 660 g/mol. The first-order chi connectivity index (χ1) is 18.0. The van der Waals surface area contributed by atoms with E-state index in [0.717, 1.165) is 85.9 Å². The molecule has 0 aromatic rings. The SMILES string of the molecule is CCCC[C@@H](CC)C(=O)[O][Sn]([CH2]C[C@H](C)CC(C)(C)C)([CH2]C[C@H](C)CC(C)(C)C)[O]C(=O)[C@@H](CC)CCCC. The standard InChI is InChI=1S/2C9H19.2C8H16O2.Sn/c2*1-6-8(2)7-9(3,4)5;2*1-3-5-6-7(4-2)8(9)10;/h2*8H,1,6-7H2,2-5H3;2*7H,3-6H2,1-2H3,(H,9,10);/q;;;;+2/p-2/t2*8-;2*7-;/m0010./s1. The molecule has 0 aliphatic rings. The number of rotatable bonds is 20. The van der Waals surface area contributed by atoms with Gasteiger partial charge in [-0.15, -0.1) is 0 Å². The minimum absolute atomic E-state index is 0.0943. The van der Waals surface area contributed by atoms with E-state index in [4.69, 9.17) is 6.15 Å².